The molecule has 7 heteroatoms. The van der Waals surface area contributed by atoms with E-state index in [2.05, 4.69) is 28.8 Å². The molecule has 0 saturated heterocycles. The van der Waals surface area contributed by atoms with Crippen molar-refractivity contribution in [2.75, 3.05) is 24.2 Å². The Morgan fingerprint density at radius 2 is 1.64 bits per heavy atom. The van der Waals surface area contributed by atoms with E-state index in [0.717, 1.165) is 35.4 Å². The second kappa shape index (κ2) is 11.3. The largest absolute Gasteiger partial charge is 0.457 e. The fraction of sp³-hybridized carbons (Fsp3) is 0.310. The van der Waals surface area contributed by atoms with E-state index in [1.54, 1.807) is 0 Å². The molecule has 0 aliphatic heterocycles. The van der Waals surface area contributed by atoms with Crippen LogP contribution in [0.3, 0.4) is 0 Å². The Morgan fingerprint density at radius 1 is 0.944 bits per heavy atom. The minimum Gasteiger partial charge on any atom is -0.457 e. The van der Waals surface area contributed by atoms with Crippen LogP contribution in [0.15, 0.2) is 79.0 Å². The number of ether oxygens (including phenoxy) is 1. The quantitative estimate of drug-likeness (QED) is 0.291. The summed E-state index contributed by atoms with van der Waals surface area (Å²) in [6.45, 7) is 1.84. The maximum Gasteiger partial charge on any atom is 0.323 e. The Balaban J connectivity index is 1.14. The number of likely N-dealkylation sites (N-methyl/N-ethyl adjacent to an activating group) is 1. The van der Waals surface area contributed by atoms with Gasteiger partial charge in [0, 0.05) is 35.5 Å². The van der Waals surface area contributed by atoms with Crippen LogP contribution in [-0.4, -0.2) is 40.3 Å². The molecule has 2 amide bonds. The van der Waals surface area contributed by atoms with Crippen LogP contribution in [0.1, 0.15) is 32.1 Å². The third-order valence-corrected chi connectivity index (χ3v) is 6.78. The van der Waals surface area contributed by atoms with E-state index >= 15 is 0 Å². The van der Waals surface area contributed by atoms with Gasteiger partial charge in [-0.1, -0.05) is 37.5 Å². The summed E-state index contributed by atoms with van der Waals surface area (Å²) in [4.78, 5) is 15.0. The Morgan fingerprint density at radius 3 is 2.42 bits per heavy atom. The molecule has 0 atom stereocenters. The van der Waals surface area contributed by atoms with Gasteiger partial charge >= 0.3 is 6.03 Å². The van der Waals surface area contributed by atoms with E-state index in [-0.39, 0.29) is 6.03 Å². The van der Waals surface area contributed by atoms with Gasteiger partial charge in [0.05, 0.1) is 12.1 Å². The van der Waals surface area contributed by atoms with Crippen molar-refractivity contribution in [2.24, 2.45) is 0 Å². The van der Waals surface area contributed by atoms with Crippen LogP contribution in [0.4, 0.5) is 16.2 Å². The molecule has 0 unspecified atom stereocenters. The van der Waals surface area contributed by atoms with Crippen molar-refractivity contribution in [2.45, 2.75) is 44.7 Å². The molecule has 3 aromatic carbocycles. The van der Waals surface area contributed by atoms with Crippen LogP contribution < -0.4 is 15.4 Å². The van der Waals surface area contributed by atoms with E-state index in [1.165, 1.54) is 32.1 Å². The molecule has 7 nitrogen and oxygen atoms in total. The van der Waals surface area contributed by atoms with Crippen molar-refractivity contribution < 1.29 is 9.53 Å². The molecule has 1 heterocycles. The molecule has 1 aliphatic rings. The third-order valence-electron chi connectivity index (χ3n) is 6.78. The zero-order valence-corrected chi connectivity index (χ0v) is 20.7. The number of hydrogen-bond donors (Lipinski definition) is 2. The van der Waals surface area contributed by atoms with Gasteiger partial charge in [-0.3, -0.25) is 4.68 Å². The maximum atomic E-state index is 12.5. The molecule has 0 spiro atoms. The van der Waals surface area contributed by atoms with Crippen molar-refractivity contribution >= 4 is 28.3 Å². The number of fused-ring (bicyclic) bond motifs is 1. The highest BCUT2D eigenvalue weighted by molar-refractivity contribution is 6.00. The number of nitrogens with one attached hydrogen (secondary N) is 2. The number of hydrogen-bond acceptors (Lipinski definition) is 4. The second-order valence-electron chi connectivity index (χ2n) is 9.46. The number of urea groups is 1. The molecule has 4 aromatic rings. The minimum atomic E-state index is -0.299. The van der Waals surface area contributed by atoms with Gasteiger partial charge in [0.25, 0.3) is 0 Å². The monoisotopic (exact) mass is 483 g/mol. The van der Waals surface area contributed by atoms with Crippen molar-refractivity contribution in [3.63, 3.8) is 0 Å². The molecule has 36 heavy (non-hydrogen) atoms. The molecule has 0 bridgehead atoms. The van der Waals surface area contributed by atoms with Crippen molar-refractivity contribution in [3.8, 4) is 11.5 Å². The lowest BCUT2D eigenvalue weighted by Gasteiger charge is -2.31. The highest BCUT2D eigenvalue weighted by atomic mass is 16.5. The Hall–Kier alpha value is -3.84. The van der Waals surface area contributed by atoms with Crippen LogP contribution in [0.25, 0.3) is 10.9 Å². The highest BCUT2D eigenvalue weighted by Crippen LogP contribution is 2.24. The molecule has 1 saturated carbocycles. The number of benzene rings is 3. The van der Waals surface area contributed by atoms with Crippen LogP contribution in [0.2, 0.25) is 0 Å². The molecule has 1 fully saturated rings. The van der Waals surface area contributed by atoms with Gasteiger partial charge in [-0.15, -0.1) is 0 Å². The number of anilines is 2. The number of carbonyl (C=O) groups excluding carboxylic acids is 1. The predicted molar refractivity (Wildman–Crippen MR) is 145 cm³/mol. The minimum absolute atomic E-state index is 0.299. The predicted octanol–water partition coefficient (Wildman–Crippen LogP) is 6.74. The summed E-state index contributed by atoms with van der Waals surface area (Å²) < 4.78 is 7.81. The normalized spacial score (nSPS) is 14.2. The van der Waals surface area contributed by atoms with Crippen molar-refractivity contribution in [3.05, 3.63) is 79.0 Å². The Kier molecular flexibility index (Phi) is 7.47. The second-order valence-corrected chi connectivity index (χ2v) is 9.46. The van der Waals surface area contributed by atoms with Crippen molar-refractivity contribution in [1.82, 2.24) is 14.7 Å². The number of para-hydroxylation sites is 1. The molecule has 2 N–H and O–H groups in total. The highest BCUT2D eigenvalue weighted by Gasteiger charge is 2.17. The molecular weight excluding hydrogens is 450 g/mol. The Labute approximate surface area is 212 Å². The standard InChI is InChI=1S/C29H33N5O2/c1-33(25-8-4-2-5-9-25)18-19-34-21-22-20-24(14-17-28(22)32-34)31-29(35)30-23-12-15-27(16-13-23)36-26-10-6-3-7-11-26/h3,6-7,10-17,20-21,25H,2,4-5,8-9,18-19H2,1H3,(H2,30,31,35). The van der Waals surface area contributed by atoms with Crippen LogP contribution in [-0.2, 0) is 6.54 Å². The summed E-state index contributed by atoms with van der Waals surface area (Å²) in [5.41, 5.74) is 2.34. The van der Waals surface area contributed by atoms with Gasteiger partial charge < -0.3 is 20.3 Å². The smallest absolute Gasteiger partial charge is 0.323 e. The maximum absolute atomic E-state index is 12.5. The molecule has 0 radical (unpaired) electrons. The van der Waals surface area contributed by atoms with Gasteiger partial charge in [0.15, 0.2) is 0 Å². The first-order valence-corrected chi connectivity index (χ1v) is 12.7. The van der Waals surface area contributed by atoms with Crippen LogP contribution >= 0.6 is 0 Å². The lowest BCUT2D eigenvalue weighted by Crippen LogP contribution is -2.35. The zero-order chi connectivity index (χ0) is 24.7. The number of rotatable bonds is 8. The third kappa shape index (κ3) is 6.23. The lowest BCUT2D eigenvalue weighted by molar-refractivity contribution is 0.184. The fourth-order valence-corrected chi connectivity index (χ4v) is 4.76. The molecule has 5 rings (SSSR count). The van der Waals surface area contributed by atoms with Gasteiger partial charge in [-0.05, 0) is 74.5 Å². The molecular formula is C29H33N5O2. The summed E-state index contributed by atoms with van der Waals surface area (Å²) in [6.07, 6.45) is 8.73. The number of amides is 2. The average molecular weight is 484 g/mol. The molecule has 1 aliphatic carbocycles. The van der Waals surface area contributed by atoms with Gasteiger partial charge in [-0.25, -0.2) is 4.79 Å². The Bertz CT molecular complexity index is 1280. The summed E-state index contributed by atoms with van der Waals surface area (Å²) in [5, 5.41) is 11.5. The van der Waals surface area contributed by atoms with Gasteiger partial charge in [0.1, 0.15) is 11.5 Å². The van der Waals surface area contributed by atoms with E-state index in [9.17, 15) is 4.79 Å². The van der Waals surface area contributed by atoms with Gasteiger partial charge in [0.2, 0.25) is 0 Å². The molecule has 186 valence electrons. The van der Waals surface area contributed by atoms with E-state index in [0.29, 0.717) is 17.5 Å². The van der Waals surface area contributed by atoms with Crippen LogP contribution in [0, 0.1) is 0 Å². The SMILES string of the molecule is CN(CCn1cc2cc(NC(=O)Nc3ccc(Oc4ccccc4)cc3)ccc2n1)C1CCCCC1. The number of nitrogens with zero attached hydrogens (tertiary/aromatic N) is 3. The molecule has 1 aromatic heterocycles. The average Bonchev–Trinajstić information content (AvgIpc) is 3.32. The summed E-state index contributed by atoms with van der Waals surface area (Å²) >= 11 is 0. The first-order valence-electron chi connectivity index (χ1n) is 12.7. The number of carbonyl (C=O) groups is 1. The summed E-state index contributed by atoms with van der Waals surface area (Å²) in [5.74, 6) is 1.48. The van der Waals surface area contributed by atoms with Crippen molar-refractivity contribution in [1.29, 1.82) is 0 Å². The summed E-state index contributed by atoms with van der Waals surface area (Å²) in [6, 6.07) is 23.1. The van der Waals surface area contributed by atoms with E-state index in [4.69, 9.17) is 9.84 Å². The topological polar surface area (TPSA) is 71.4 Å². The van der Waals surface area contributed by atoms with E-state index < -0.39 is 0 Å². The summed E-state index contributed by atoms with van der Waals surface area (Å²) in [7, 11) is 2.23. The number of aromatic nitrogens is 2. The van der Waals surface area contributed by atoms with Crippen LogP contribution in [0.5, 0.6) is 11.5 Å². The first kappa shape index (κ1) is 23.9. The van der Waals surface area contributed by atoms with Gasteiger partial charge in [-0.2, -0.15) is 5.10 Å². The zero-order valence-electron chi connectivity index (χ0n) is 20.7. The lowest BCUT2D eigenvalue weighted by atomic mass is 9.94. The first-order chi connectivity index (χ1) is 17.6. The fourth-order valence-electron chi connectivity index (χ4n) is 4.76. The van der Waals surface area contributed by atoms with E-state index in [1.807, 2.05) is 77.5 Å².